The van der Waals surface area contributed by atoms with Gasteiger partial charge in [-0.25, -0.2) is 4.79 Å². The molecule has 1 atom stereocenters. The number of ether oxygens (including phenoxy) is 1. The third-order valence-corrected chi connectivity index (χ3v) is 5.90. The molecule has 5 nitrogen and oxygen atoms in total. The minimum atomic E-state index is -0.334. The largest absolute Gasteiger partial charge is 0.507 e. The van der Waals surface area contributed by atoms with Gasteiger partial charge in [0.25, 0.3) is 0 Å². The first-order valence-corrected chi connectivity index (χ1v) is 10.3. The van der Waals surface area contributed by atoms with Crippen molar-refractivity contribution in [2.45, 2.75) is 45.8 Å². The highest BCUT2D eigenvalue weighted by Gasteiger charge is 2.20. The van der Waals surface area contributed by atoms with E-state index in [1.165, 1.54) is 0 Å². The molecule has 1 aliphatic rings. The van der Waals surface area contributed by atoms with Crippen molar-refractivity contribution in [3.05, 3.63) is 74.6 Å². The van der Waals surface area contributed by atoms with Crippen LogP contribution in [0.15, 0.2) is 45.6 Å². The maximum absolute atomic E-state index is 12.7. The van der Waals surface area contributed by atoms with Crippen LogP contribution in [0, 0.1) is 13.8 Å². The predicted molar refractivity (Wildman–Crippen MR) is 112 cm³/mol. The molecule has 0 spiro atoms. The van der Waals surface area contributed by atoms with E-state index in [-0.39, 0.29) is 11.4 Å². The van der Waals surface area contributed by atoms with E-state index in [9.17, 15) is 9.90 Å². The lowest BCUT2D eigenvalue weighted by atomic mass is 9.96. The fourth-order valence-electron chi connectivity index (χ4n) is 4.15. The third kappa shape index (κ3) is 4.07. The number of aryl methyl sites for hydroxylation is 2. The van der Waals surface area contributed by atoms with Gasteiger partial charge in [0.05, 0.1) is 0 Å². The van der Waals surface area contributed by atoms with Gasteiger partial charge in [-0.3, -0.25) is 0 Å². The van der Waals surface area contributed by atoms with E-state index in [4.69, 9.17) is 9.15 Å². The second-order valence-electron chi connectivity index (χ2n) is 7.90. The fourth-order valence-corrected chi connectivity index (χ4v) is 4.15. The van der Waals surface area contributed by atoms with Crippen LogP contribution in [0.1, 0.15) is 40.7 Å². The third-order valence-electron chi connectivity index (χ3n) is 5.90. The molecule has 0 radical (unpaired) electrons. The highest BCUT2D eigenvalue weighted by molar-refractivity contribution is 5.86. The van der Waals surface area contributed by atoms with Gasteiger partial charge in [0.1, 0.15) is 30.5 Å². The summed E-state index contributed by atoms with van der Waals surface area (Å²) >= 11 is 0. The van der Waals surface area contributed by atoms with Crippen LogP contribution in [0.2, 0.25) is 0 Å². The SMILES string of the molecule is Cc1c(Cc2ccccc2)c(=O)oc2c(C)c(O)c(C[NH2+]C[C@H]3CCCO3)cc12. The molecule has 3 aromatic rings. The topological polar surface area (TPSA) is 76.3 Å². The number of quaternary nitrogens is 1. The Morgan fingerprint density at radius 1 is 1.17 bits per heavy atom. The Hall–Kier alpha value is -2.63. The van der Waals surface area contributed by atoms with Gasteiger partial charge >= 0.3 is 5.63 Å². The number of phenols is 1. The van der Waals surface area contributed by atoms with Crippen molar-refractivity contribution in [2.75, 3.05) is 13.2 Å². The van der Waals surface area contributed by atoms with Crippen molar-refractivity contribution in [3.8, 4) is 5.75 Å². The fraction of sp³-hybridized carbons (Fsp3) is 0.375. The number of fused-ring (bicyclic) bond motifs is 1. The van der Waals surface area contributed by atoms with Gasteiger partial charge in [-0.15, -0.1) is 0 Å². The molecule has 0 unspecified atom stereocenters. The van der Waals surface area contributed by atoms with Crippen molar-refractivity contribution in [2.24, 2.45) is 0 Å². The van der Waals surface area contributed by atoms with Gasteiger partial charge in [0.15, 0.2) is 0 Å². The van der Waals surface area contributed by atoms with Gasteiger partial charge in [0.2, 0.25) is 0 Å². The average Bonchev–Trinajstić information content (AvgIpc) is 3.24. The summed E-state index contributed by atoms with van der Waals surface area (Å²) in [7, 11) is 0. The molecule has 2 heterocycles. The van der Waals surface area contributed by atoms with Crippen molar-refractivity contribution in [1.29, 1.82) is 0 Å². The molecule has 0 bridgehead atoms. The van der Waals surface area contributed by atoms with Crippen LogP contribution in [0.3, 0.4) is 0 Å². The zero-order valence-corrected chi connectivity index (χ0v) is 17.0. The molecule has 0 aliphatic carbocycles. The summed E-state index contributed by atoms with van der Waals surface area (Å²) in [5.41, 5.74) is 4.28. The monoisotopic (exact) mass is 394 g/mol. The number of benzene rings is 2. The smallest absolute Gasteiger partial charge is 0.340 e. The van der Waals surface area contributed by atoms with Crippen molar-refractivity contribution in [1.82, 2.24) is 0 Å². The van der Waals surface area contributed by atoms with E-state index in [0.717, 1.165) is 48.1 Å². The molecule has 2 aromatic carbocycles. The second-order valence-corrected chi connectivity index (χ2v) is 7.90. The molecule has 1 saturated heterocycles. The van der Waals surface area contributed by atoms with E-state index in [1.54, 1.807) is 6.92 Å². The average molecular weight is 394 g/mol. The summed E-state index contributed by atoms with van der Waals surface area (Å²) in [6.45, 7) is 6.17. The second kappa shape index (κ2) is 8.39. The molecule has 0 amide bonds. The quantitative estimate of drug-likeness (QED) is 0.630. The molecule has 1 aromatic heterocycles. The van der Waals surface area contributed by atoms with Crippen LogP contribution in [0.5, 0.6) is 5.75 Å². The predicted octanol–water partition coefficient (Wildman–Crippen LogP) is 2.95. The van der Waals surface area contributed by atoms with Gasteiger partial charge in [0, 0.05) is 35.1 Å². The Balaban J connectivity index is 1.67. The normalized spacial score (nSPS) is 16.6. The molecular weight excluding hydrogens is 366 g/mol. The first-order chi connectivity index (χ1) is 14.0. The minimum absolute atomic E-state index is 0.208. The summed E-state index contributed by atoms with van der Waals surface area (Å²) < 4.78 is 11.3. The molecule has 4 rings (SSSR count). The summed E-state index contributed by atoms with van der Waals surface area (Å²) in [4.78, 5) is 12.7. The lowest BCUT2D eigenvalue weighted by Gasteiger charge is -2.14. The van der Waals surface area contributed by atoms with Crippen molar-refractivity contribution < 1.29 is 19.6 Å². The lowest BCUT2D eigenvalue weighted by Crippen LogP contribution is -2.84. The molecule has 152 valence electrons. The first-order valence-electron chi connectivity index (χ1n) is 10.3. The van der Waals surface area contributed by atoms with Crippen LogP contribution >= 0.6 is 0 Å². The van der Waals surface area contributed by atoms with Crippen LogP contribution in [0.25, 0.3) is 11.0 Å². The van der Waals surface area contributed by atoms with E-state index >= 15 is 0 Å². The molecule has 1 fully saturated rings. The van der Waals surface area contributed by atoms with Crippen molar-refractivity contribution >= 4 is 11.0 Å². The Morgan fingerprint density at radius 2 is 1.97 bits per heavy atom. The van der Waals surface area contributed by atoms with E-state index in [1.807, 2.05) is 43.3 Å². The maximum Gasteiger partial charge on any atom is 0.340 e. The summed E-state index contributed by atoms with van der Waals surface area (Å²) in [6.07, 6.45) is 3.06. The molecule has 3 N–H and O–H groups in total. The molecule has 29 heavy (non-hydrogen) atoms. The first kappa shape index (κ1) is 19.7. The van der Waals surface area contributed by atoms with Gasteiger partial charge in [-0.1, -0.05) is 30.3 Å². The van der Waals surface area contributed by atoms with Crippen LogP contribution in [-0.4, -0.2) is 24.4 Å². The number of aromatic hydroxyl groups is 1. The summed E-state index contributed by atoms with van der Waals surface area (Å²) in [6, 6.07) is 11.9. The lowest BCUT2D eigenvalue weighted by molar-refractivity contribution is -0.676. The Morgan fingerprint density at radius 3 is 2.69 bits per heavy atom. The van der Waals surface area contributed by atoms with Gasteiger partial charge in [-0.2, -0.15) is 0 Å². The number of nitrogens with two attached hydrogens (primary N) is 1. The zero-order valence-electron chi connectivity index (χ0n) is 17.0. The van der Waals surface area contributed by atoms with Crippen LogP contribution in [0.4, 0.5) is 0 Å². The number of phenolic OH excluding ortho intramolecular Hbond substituents is 1. The molecular formula is C24H28NO4+. The number of hydrogen-bond acceptors (Lipinski definition) is 4. The highest BCUT2D eigenvalue weighted by Crippen LogP contribution is 2.32. The molecule has 5 heteroatoms. The van der Waals surface area contributed by atoms with Gasteiger partial charge in [-0.05, 0) is 43.9 Å². The van der Waals surface area contributed by atoms with Gasteiger partial charge < -0.3 is 19.6 Å². The number of rotatable bonds is 6. The Kier molecular flexibility index (Phi) is 5.69. The standard InChI is InChI=1S/C24H27NO4/c1-15-20-12-18(13-25-14-19-9-6-10-28-19)22(26)16(2)23(20)29-24(27)21(15)11-17-7-4-3-5-8-17/h3-5,7-8,12,19,25-26H,6,9-11,13-14H2,1-2H3/p+1/t19-/m1/s1. The van der Waals surface area contributed by atoms with Crippen LogP contribution < -0.4 is 10.9 Å². The maximum atomic E-state index is 12.7. The van der Waals surface area contributed by atoms with E-state index in [0.29, 0.717) is 35.8 Å². The zero-order chi connectivity index (χ0) is 20.4. The highest BCUT2D eigenvalue weighted by atomic mass is 16.5. The minimum Gasteiger partial charge on any atom is -0.507 e. The van der Waals surface area contributed by atoms with E-state index < -0.39 is 0 Å². The van der Waals surface area contributed by atoms with Crippen LogP contribution in [-0.2, 0) is 17.7 Å². The molecule has 0 saturated carbocycles. The number of hydrogen-bond donors (Lipinski definition) is 2. The Labute approximate surface area is 170 Å². The van der Waals surface area contributed by atoms with Crippen molar-refractivity contribution in [3.63, 3.8) is 0 Å². The Bertz CT molecular complexity index is 1070. The molecule has 1 aliphatic heterocycles. The summed E-state index contributed by atoms with van der Waals surface area (Å²) in [5, 5.41) is 13.7. The summed E-state index contributed by atoms with van der Waals surface area (Å²) in [5.74, 6) is 0.208. The van der Waals surface area contributed by atoms with E-state index in [2.05, 4.69) is 5.32 Å².